The minimum Gasteiger partial charge on any atom is -0.481 e. The number of pyridine rings is 1. The van der Waals surface area contributed by atoms with Crippen LogP contribution in [0.15, 0.2) is 10.5 Å². The number of halogens is 3. The molecule has 0 atom stereocenters. The fourth-order valence-corrected chi connectivity index (χ4v) is 1.74. The molecule has 0 saturated heterocycles. The molecule has 0 aliphatic rings. The summed E-state index contributed by atoms with van der Waals surface area (Å²) in [6.45, 7) is 0.00759. The van der Waals surface area contributed by atoms with Gasteiger partial charge < -0.3 is 10.8 Å². The second-order valence-corrected chi connectivity index (χ2v) is 3.89. The molecule has 1 heterocycles. The first-order chi connectivity index (χ1) is 7.45. The van der Waals surface area contributed by atoms with Crippen LogP contribution in [0.25, 0.3) is 0 Å². The highest BCUT2D eigenvalue weighted by Gasteiger charge is 2.19. The van der Waals surface area contributed by atoms with Crippen molar-refractivity contribution in [1.82, 2.24) is 4.98 Å². The first kappa shape index (κ1) is 13.0. The third-order valence-electron chi connectivity index (χ3n) is 1.90. The van der Waals surface area contributed by atoms with Gasteiger partial charge in [-0.1, -0.05) is 0 Å². The Morgan fingerprint density at radius 3 is 2.69 bits per heavy atom. The Morgan fingerprint density at radius 1 is 1.62 bits per heavy atom. The molecule has 1 rings (SSSR count). The van der Waals surface area contributed by atoms with Crippen molar-refractivity contribution >= 4 is 21.9 Å². The van der Waals surface area contributed by atoms with E-state index in [0.717, 1.165) is 0 Å². The quantitative estimate of drug-likeness (QED) is 0.889. The van der Waals surface area contributed by atoms with Gasteiger partial charge in [-0.2, -0.15) is 0 Å². The number of carbonyl (C=O) groups is 1. The third kappa shape index (κ3) is 2.96. The molecule has 3 N–H and O–H groups in total. The molecule has 0 unspecified atom stereocenters. The predicted molar refractivity (Wildman–Crippen MR) is 56.1 cm³/mol. The summed E-state index contributed by atoms with van der Waals surface area (Å²) in [5.41, 5.74) is 5.07. The van der Waals surface area contributed by atoms with Gasteiger partial charge >= 0.3 is 5.97 Å². The highest BCUT2D eigenvalue weighted by atomic mass is 79.9. The minimum absolute atomic E-state index is 0.00759. The monoisotopic (exact) mass is 294 g/mol. The Kier molecular flexibility index (Phi) is 4.31. The SMILES string of the molecule is NCc1nc(C(F)F)c(CC(=O)O)cc1Br. The van der Waals surface area contributed by atoms with E-state index in [9.17, 15) is 13.6 Å². The van der Waals surface area contributed by atoms with Crippen molar-refractivity contribution in [1.29, 1.82) is 0 Å². The second kappa shape index (κ2) is 5.31. The number of nitrogens with zero attached hydrogens (tertiary/aromatic N) is 1. The van der Waals surface area contributed by atoms with E-state index < -0.39 is 24.5 Å². The zero-order valence-electron chi connectivity index (χ0n) is 8.08. The largest absolute Gasteiger partial charge is 0.481 e. The molecule has 0 spiro atoms. The maximum atomic E-state index is 12.6. The Hall–Kier alpha value is -1.08. The van der Waals surface area contributed by atoms with Gasteiger partial charge in [0.05, 0.1) is 12.1 Å². The summed E-state index contributed by atoms with van der Waals surface area (Å²) < 4.78 is 25.7. The van der Waals surface area contributed by atoms with Gasteiger partial charge in [-0.3, -0.25) is 4.79 Å². The molecule has 16 heavy (non-hydrogen) atoms. The molecule has 4 nitrogen and oxygen atoms in total. The van der Waals surface area contributed by atoms with E-state index in [1.807, 2.05) is 0 Å². The number of rotatable bonds is 4. The zero-order chi connectivity index (χ0) is 12.3. The summed E-state index contributed by atoms with van der Waals surface area (Å²) in [4.78, 5) is 14.2. The van der Waals surface area contributed by atoms with Crippen LogP contribution in [0.1, 0.15) is 23.4 Å². The van der Waals surface area contributed by atoms with Crippen LogP contribution >= 0.6 is 15.9 Å². The van der Waals surface area contributed by atoms with Crippen molar-refractivity contribution in [3.63, 3.8) is 0 Å². The van der Waals surface area contributed by atoms with E-state index in [4.69, 9.17) is 10.8 Å². The molecular formula is C9H9BrF2N2O2. The first-order valence-electron chi connectivity index (χ1n) is 4.34. The smallest absolute Gasteiger partial charge is 0.307 e. The van der Waals surface area contributed by atoms with Gasteiger partial charge in [0.2, 0.25) is 0 Å². The molecule has 0 radical (unpaired) electrons. The second-order valence-electron chi connectivity index (χ2n) is 3.04. The highest BCUT2D eigenvalue weighted by molar-refractivity contribution is 9.10. The summed E-state index contributed by atoms with van der Waals surface area (Å²) in [5.74, 6) is -1.18. The number of hydrogen-bond donors (Lipinski definition) is 2. The maximum absolute atomic E-state index is 12.6. The molecule has 0 fully saturated rings. The molecule has 0 bridgehead atoms. The van der Waals surface area contributed by atoms with Crippen LogP contribution in [0.4, 0.5) is 8.78 Å². The van der Waals surface area contributed by atoms with E-state index in [2.05, 4.69) is 20.9 Å². The highest BCUT2D eigenvalue weighted by Crippen LogP contribution is 2.26. The average Bonchev–Trinajstić information content (AvgIpc) is 2.16. The Bertz CT molecular complexity index is 413. The predicted octanol–water partition coefficient (Wildman–Crippen LogP) is 1.87. The lowest BCUT2D eigenvalue weighted by Gasteiger charge is -2.09. The van der Waals surface area contributed by atoms with Crippen molar-refractivity contribution in [2.75, 3.05) is 0 Å². The van der Waals surface area contributed by atoms with Crippen molar-refractivity contribution in [2.45, 2.75) is 19.4 Å². The fraction of sp³-hybridized carbons (Fsp3) is 0.333. The molecule has 7 heteroatoms. The Morgan fingerprint density at radius 2 is 2.25 bits per heavy atom. The Balaban J connectivity index is 3.24. The number of hydrogen-bond acceptors (Lipinski definition) is 3. The number of aromatic nitrogens is 1. The van der Waals surface area contributed by atoms with Gasteiger partial charge in [0.1, 0.15) is 5.69 Å². The van der Waals surface area contributed by atoms with Crippen LogP contribution < -0.4 is 5.73 Å². The molecule has 0 aliphatic heterocycles. The zero-order valence-corrected chi connectivity index (χ0v) is 9.67. The fourth-order valence-electron chi connectivity index (χ4n) is 1.22. The standard InChI is InChI=1S/C9H9BrF2N2O2/c10-5-1-4(2-7(15)16)8(9(11)12)14-6(5)3-13/h1,9H,2-3,13H2,(H,15,16). The molecule has 88 valence electrons. The number of carboxylic acids is 1. The average molecular weight is 295 g/mol. The van der Waals surface area contributed by atoms with Crippen LogP contribution in [0.2, 0.25) is 0 Å². The van der Waals surface area contributed by atoms with Gasteiger partial charge in [-0.05, 0) is 27.6 Å². The number of nitrogens with two attached hydrogens (primary N) is 1. The topological polar surface area (TPSA) is 76.2 Å². The van der Waals surface area contributed by atoms with Gasteiger partial charge in [0, 0.05) is 11.0 Å². The van der Waals surface area contributed by atoms with Crippen LogP contribution in [-0.2, 0) is 17.8 Å². The van der Waals surface area contributed by atoms with Crippen LogP contribution in [0.5, 0.6) is 0 Å². The van der Waals surface area contributed by atoms with Crippen molar-refractivity contribution < 1.29 is 18.7 Å². The van der Waals surface area contributed by atoms with E-state index in [1.54, 1.807) is 0 Å². The molecule has 0 saturated carbocycles. The summed E-state index contributed by atoms with van der Waals surface area (Å²) in [6, 6.07) is 1.32. The first-order valence-corrected chi connectivity index (χ1v) is 5.13. The van der Waals surface area contributed by atoms with Crippen molar-refractivity contribution in [3.05, 3.63) is 27.5 Å². The lowest BCUT2D eigenvalue weighted by molar-refractivity contribution is -0.136. The minimum atomic E-state index is -2.81. The molecule has 0 amide bonds. The maximum Gasteiger partial charge on any atom is 0.307 e. The van der Waals surface area contributed by atoms with E-state index in [1.165, 1.54) is 6.07 Å². The molecule has 0 aliphatic carbocycles. The summed E-state index contributed by atoms with van der Waals surface area (Å²) >= 11 is 3.10. The number of aliphatic carboxylic acids is 1. The molecule has 1 aromatic heterocycles. The van der Waals surface area contributed by atoms with Crippen LogP contribution in [0.3, 0.4) is 0 Å². The van der Waals surface area contributed by atoms with Gasteiger partial charge in [-0.15, -0.1) is 0 Å². The van der Waals surface area contributed by atoms with Crippen LogP contribution in [-0.4, -0.2) is 16.1 Å². The van der Waals surface area contributed by atoms with Crippen molar-refractivity contribution in [3.8, 4) is 0 Å². The van der Waals surface area contributed by atoms with Gasteiger partial charge in [0.25, 0.3) is 6.43 Å². The number of alkyl halides is 2. The number of carboxylic acid groups (broad SMARTS) is 1. The van der Waals surface area contributed by atoms with E-state index >= 15 is 0 Å². The lowest BCUT2D eigenvalue weighted by Crippen LogP contribution is -2.10. The summed E-state index contributed by atoms with van der Waals surface area (Å²) in [7, 11) is 0. The van der Waals surface area contributed by atoms with E-state index in [-0.39, 0.29) is 17.8 Å². The van der Waals surface area contributed by atoms with Gasteiger partial charge in [-0.25, -0.2) is 13.8 Å². The lowest BCUT2D eigenvalue weighted by atomic mass is 10.1. The van der Waals surface area contributed by atoms with E-state index in [0.29, 0.717) is 4.47 Å². The normalized spacial score (nSPS) is 10.8. The third-order valence-corrected chi connectivity index (χ3v) is 2.59. The summed E-state index contributed by atoms with van der Waals surface area (Å²) in [6.07, 6.45) is -3.30. The van der Waals surface area contributed by atoms with Crippen molar-refractivity contribution in [2.24, 2.45) is 5.73 Å². The Labute approximate surface area is 98.6 Å². The molecule has 0 aromatic carbocycles. The van der Waals surface area contributed by atoms with Crippen LogP contribution in [0, 0.1) is 0 Å². The van der Waals surface area contributed by atoms with Gasteiger partial charge in [0.15, 0.2) is 0 Å². The summed E-state index contributed by atoms with van der Waals surface area (Å²) in [5, 5.41) is 8.58. The molecule has 1 aromatic rings. The molecular weight excluding hydrogens is 286 g/mol.